The Balaban J connectivity index is 1.73. The number of urea groups is 1. The molecule has 0 radical (unpaired) electrons. The standard InChI is InChI=1S/C16H21N5O2/c1-12(13-6-4-3-5-7-13)21(2)16(23)18-11-10-17-15(22)14-8-9-19-20-14/h3-9,12H,10-11H2,1-2H3,(H,17,22)(H,18,23)(H,19,20)/t12-/m0/s1. The summed E-state index contributed by atoms with van der Waals surface area (Å²) in [6.07, 6.45) is 1.51. The third-order valence-electron chi connectivity index (χ3n) is 3.62. The van der Waals surface area contributed by atoms with Crippen molar-refractivity contribution >= 4 is 11.9 Å². The van der Waals surface area contributed by atoms with Gasteiger partial charge in [-0.25, -0.2) is 4.79 Å². The lowest BCUT2D eigenvalue weighted by Crippen LogP contribution is -2.42. The number of nitrogens with one attached hydrogen (secondary N) is 3. The predicted molar refractivity (Wildman–Crippen MR) is 86.9 cm³/mol. The summed E-state index contributed by atoms with van der Waals surface area (Å²) < 4.78 is 0. The molecule has 3 amide bonds. The van der Waals surface area contributed by atoms with E-state index in [0.717, 1.165) is 5.56 Å². The van der Waals surface area contributed by atoms with Crippen LogP contribution in [0.15, 0.2) is 42.6 Å². The highest BCUT2D eigenvalue weighted by Gasteiger charge is 2.16. The molecule has 2 rings (SSSR count). The molecule has 0 aliphatic carbocycles. The predicted octanol–water partition coefficient (Wildman–Crippen LogP) is 1.54. The van der Waals surface area contributed by atoms with E-state index in [0.29, 0.717) is 18.8 Å². The van der Waals surface area contributed by atoms with Crippen molar-refractivity contribution in [2.24, 2.45) is 0 Å². The van der Waals surface area contributed by atoms with Crippen LogP contribution in [0.4, 0.5) is 4.79 Å². The molecular weight excluding hydrogens is 294 g/mol. The van der Waals surface area contributed by atoms with Gasteiger partial charge in [-0.2, -0.15) is 5.10 Å². The van der Waals surface area contributed by atoms with Gasteiger partial charge in [-0.3, -0.25) is 9.89 Å². The maximum Gasteiger partial charge on any atom is 0.317 e. The molecule has 122 valence electrons. The monoisotopic (exact) mass is 315 g/mol. The smallest absolute Gasteiger partial charge is 0.317 e. The molecule has 0 saturated heterocycles. The number of carbonyl (C=O) groups is 2. The maximum absolute atomic E-state index is 12.1. The van der Waals surface area contributed by atoms with Gasteiger partial charge >= 0.3 is 6.03 Å². The Morgan fingerprint density at radius 2 is 1.87 bits per heavy atom. The third-order valence-corrected chi connectivity index (χ3v) is 3.62. The highest BCUT2D eigenvalue weighted by molar-refractivity contribution is 5.92. The zero-order valence-electron chi connectivity index (χ0n) is 13.2. The number of carbonyl (C=O) groups excluding carboxylic acids is 2. The first-order valence-corrected chi connectivity index (χ1v) is 7.42. The second-order valence-corrected chi connectivity index (χ2v) is 5.16. The summed E-state index contributed by atoms with van der Waals surface area (Å²) in [5.74, 6) is -0.247. The number of rotatable bonds is 6. The minimum atomic E-state index is -0.247. The van der Waals surface area contributed by atoms with Crippen molar-refractivity contribution in [2.45, 2.75) is 13.0 Å². The average molecular weight is 315 g/mol. The van der Waals surface area contributed by atoms with Crippen LogP contribution in [0.1, 0.15) is 29.0 Å². The Morgan fingerprint density at radius 3 is 2.52 bits per heavy atom. The van der Waals surface area contributed by atoms with Gasteiger partial charge in [-0.1, -0.05) is 30.3 Å². The second-order valence-electron chi connectivity index (χ2n) is 5.16. The number of aromatic amines is 1. The van der Waals surface area contributed by atoms with Gasteiger partial charge in [0, 0.05) is 26.3 Å². The van der Waals surface area contributed by atoms with Crippen LogP contribution in [-0.2, 0) is 0 Å². The molecule has 7 heteroatoms. The van der Waals surface area contributed by atoms with Crippen molar-refractivity contribution in [2.75, 3.05) is 20.1 Å². The molecule has 0 spiro atoms. The van der Waals surface area contributed by atoms with Crippen molar-refractivity contribution in [3.8, 4) is 0 Å². The Hall–Kier alpha value is -2.83. The topological polar surface area (TPSA) is 90.1 Å². The summed E-state index contributed by atoms with van der Waals surface area (Å²) in [5.41, 5.74) is 1.46. The Kier molecular flexibility index (Phi) is 5.74. The van der Waals surface area contributed by atoms with Crippen molar-refractivity contribution in [1.82, 2.24) is 25.7 Å². The number of benzene rings is 1. The van der Waals surface area contributed by atoms with Gasteiger partial charge in [-0.15, -0.1) is 0 Å². The molecule has 2 aromatic rings. The number of aromatic nitrogens is 2. The summed E-state index contributed by atoms with van der Waals surface area (Å²) in [4.78, 5) is 25.4. The first-order chi connectivity index (χ1) is 11.1. The van der Waals surface area contributed by atoms with Crippen LogP contribution in [0, 0.1) is 0 Å². The minimum absolute atomic E-state index is 0.0317. The van der Waals surface area contributed by atoms with Crippen LogP contribution in [0.3, 0.4) is 0 Å². The van der Waals surface area contributed by atoms with Crippen molar-refractivity contribution in [1.29, 1.82) is 0 Å². The van der Waals surface area contributed by atoms with E-state index in [1.54, 1.807) is 18.0 Å². The minimum Gasteiger partial charge on any atom is -0.349 e. The molecule has 0 saturated carbocycles. The van der Waals surface area contributed by atoms with Crippen LogP contribution in [0.2, 0.25) is 0 Å². The van der Waals surface area contributed by atoms with E-state index >= 15 is 0 Å². The Labute approximate surface area is 135 Å². The molecule has 0 aliphatic heterocycles. The Bertz CT molecular complexity index is 627. The molecule has 7 nitrogen and oxygen atoms in total. The lowest BCUT2D eigenvalue weighted by Gasteiger charge is -2.25. The van der Waals surface area contributed by atoms with E-state index in [2.05, 4.69) is 20.8 Å². The van der Waals surface area contributed by atoms with Crippen LogP contribution >= 0.6 is 0 Å². The number of amides is 3. The maximum atomic E-state index is 12.1. The van der Waals surface area contributed by atoms with Gasteiger partial charge in [0.05, 0.1) is 6.04 Å². The Morgan fingerprint density at radius 1 is 1.17 bits per heavy atom. The number of H-pyrrole nitrogens is 1. The highest BCUT2D eigenvalue weighted by Crippen LogP contribution is 2.17. The average Bonchev–Trinajstić information content (AvgIpc) is 3.12. The fraction of sp³-hybridized carbons (Fsp3) is 0.312. The third kappa shape index (κ3) is 4.57. The number of nitrogens with zero attached hydrogens (tertiary/aromatic N) is 2. The van der Waals surface area contributed by atoms with Crippen molar-refractivity contribution < 1.29 is 9.59 Å². The highest BCUT2D eigenvalue weighted by atomic mass is 16.2. The molecule has 0 unspecified atom stereocenters. The van der Waals surface area contributed by atoms with Gasteiger partial charge in [-0.05, 0) is 18.6 Å². The van der Waals surface area contributed by atoms with E-state index in [1.807, 2.05) is 37.3 Å². The first kappa shape index (κ1) is 16.5. The van der Waals surface area contributed by atoms with E-state index in [-0.39, 0.29) is 18.0 Å². The summed E-state index contributed by atoms with van der Waals surface area (Å²) in [6, 6.07) is 11.2. The molecule has 3 N–H and O–H groups in total. The van der Waals surface area contributed by atoms with Crippen LogP contribution in [0.25, 0.3) is 0 Å². The van der Waals surface area contributed by atoms with E-state index in [4.69, 9.17) is 0 Å². The van der Waals surface area contributed by atoms with Gasteiger partial charge in [0.2, 0.25) is 0 Å². The molecular formula is C16H21N5O2. The summed E-state index contributed by atoms with van der Waals surface area (Å²) in [5, 5.41) is 11.8. The van der Waals surface area contributed by atoms with Crippen LogP contribution in [0.5, 0.6) is 0 Å². The van der Waals surface area contributed by atoms with E-state index in [1.165, 1.54) is 6.20 Å². The normalized spacial score (nSPS) is 11.6. The SMILES string of the molecule is C[C@@H](c1ccccc1)N(C)C(=O)NCCNC(=O)c1ccn[nH]1. The summed E-state index contributed by atoms with van der Waals surface area (Å²) in [6.45, 7) is 2.66. The molecule has 1 aromatic carbocycles. The zero-order chi connectivity index (χ0) is 16.7. The number of hydrogen-bond donors (Lipinski definition) is 3. The van der Waals surface area contributed by atoms with Gasteiger partial charge in [0.25, 0.3) is 5.91 Å². The quantitative estimate of drug-likeness (QED) is 0.706. The summed E-state index contributed by atoms with van der Waals surface area (Å²) in [7, 11) is 1.75. The lowest BCUT2D eigenvalue weighted by molar-refractivity contribution is 0.0948. The first-order valence-electron chi connectivity index (χ1n) is 7.42. The fourth-order valence-corrected chi connectivity index (χ4v) is 2.08. The summed E-state index contributed by atoms with van der Waals surface area (Å²) >= 11 is 0. The fourth-order valence-electron chi connectivity index (χ4n) is 2.08. The molecule has 1 heterocycles. The van der Waals surface area contributed by atoms with Gasteiger partial charge in [0.15, 0.2) is 0 Å². The second kappa shape index (κ2) is 7.98. The van der Waals surface area contributed by atoms with Crippen molar-refractivity contribution in [3.63, 3.8) is 0 Å². The van der Waals surface area contributed by atoms with Gasteiger partial charge in [0.1, 0.15) is 5.69 Å². The number of hydrogen-bond acceptors (Lipinski definition) is 3. The largest absolute Gasteiger partial charge is 0.349 e. The molecule has 1 aromatic heterocycles. The molecule has 23 heavy (non-hydrogen) atoms. The van der Waals surface area contributed by atoms with Crippen LogP contribution in [-0.4, -0.2) is 47.2 Å². The lowest BCUT2D eigenvalue weighted by atomic mass is 10.1. The van der Waals surface area contributed by atoms with E-state index in [9.17, 15) is 9.59 Å². The van der Waals surface area contributed by atoms with Crippen LogP contribution < -0.4 is 10.6 Å². The molecule has 0 fully saturated rings. The van der Waals surface area contributed by atoms with E-state index < -0.39 is 0 Å². The van der Waals surface area contributed by atoms with Crippen molar-refractivity contribution in [3.05, 3.63) is 53.9 Å². The molecule has 0 aliphatic rings. The molecule has 1 atom stereocenters. The van der Waals surface area contributed by atoms with Gasteiger partial charge < -0.3 is 15.5 Å². The zero-order valence-corrected chi connectivity index (χ0v) is 13.2. The molecule has 0 bridgehead atoms.